The van der Waals surface area contributed by atoms with Crippen LogP contribution in [0.3, 0.4) is 0 Å². The third kappa shape index (κ3) is 5.92. The molecule has 0 atom stereocenters. The molecular formula is C57H39NS. The van der Waals surface area contributed by atoms with Gasteiger partial charge in [-0.1, -0.05) is 188 Å². The monoisotopic (exact) mass is 769 g/mol. The minimum Gasteiger partial charge on any atom is -0.311 e. The molecule has 0 N–H and O–H groups in total. The molecule has 1 nitrogen and oxygen atoms in total. The Morgan fingerprint density at radius 3 is 1.31 bits per heavy atom. The molecule has 0 saturated carbocycles. The molecule has 2 heteroatoms. The Balaban J connectivity index is 0.941. The quantitative estimate of drug-likeness (QED) is 0.149. The van der Waals surface area contributed by atoms with Crippen LogP contribution in [-0.4, -0.2) is 0 Å². The van der Waals surface area contributed by atoms with Crippen molar-refractivity contribution in [1.29, 1.82) is 0 Å². The third-order valence-electron chi connectivity index (χ3n) is 12.0. The number of para-hydroxylation sites is 1. The van der Waals surface area contributed by atoms with Crippen molar-refractivity contribution in [3.05, 3.63) is 259 Å². The molecule has 1 aromatic heterocycles. The largest absolute Gasteiger partial charge is 0.311 e. The highest BCUT2D eigenvalue weighted by Gasteiger charge is 2.48. The zero-order valence-electron chi connectivity index (χ0n) is 32.4. The highest BCUT2D eigenvalue weighted by atomic mass is 32.1. The lowest BCUT2D eigenvalue weighted by atomic mass is 9.67. The Kier molecular flexibility index (Phi) is 8.65. The van der Waals surface area contributed by atoms with Crippen LogP contribution in [0.4, 0.5) is 17.1 Å². The summed E-state index contributed by atoms with van der Waals surface area (Å²) in [6.07, 6.45) is 0. The molecule has 0 spiro atoms. The van der Waals surface area contributed by atoms with E-state index in [1.165, 1.54) is 76.2 Å². The fraction of sp³-hybridized carbons (Fsp3) is 0.0175. The fourth-order valence-electron chi connectivity index (χ4n) is 9.24. The molecule has 1 heterocycles. The fourth-order valence-corrected chi connectivity index (χ4v) is 10.5. The van der Waals surface area contributed by atoms with E-state index >= 15 is 0 Å². The smallest absolute Gasteiger partial charge is 0.0728 e. The Morgan fingerprint density at radius 1 is 0.339 bits per heavy atom. The number of fused-ring (bicyclic) bond motifs is 5. The number of thiophene rings is 1. The standard InChI is InChI=1S/C57H39NS/c1-5-15-40(16-6-1)42-29-34-49(35-30-42)58(48-21-11-4-12-22-48)50-36-31-43(32-37-50)41-25-27-44(28-26-41)45-33-38-53-52(39-45)56-55(51-23-13-14-24-54(51)59-56)57(53,46-17-7-2-8-18-46)47-19-9-3-10-20-47/h1-39H. The highest BCUT2D eigenvalue weighted by molar-refractivity contribution is 7.22. The maximum atomic E-state index is 2.44. The van der Waals surface area contributed by atoms with Crippen LogP contribution in [0, 0.1) is 0 Å². The van der Waals surface area contributed by atoms with Crippen molar-refractivity contribution in [3.63, 3.8) is 0 Å². The zero-order chi connectivity index (χ0) is 39.2. The third-order valence-corrected chi connectivity index (χ3v) is 13.2. The number of benzene rings is 9. The number of hydrogen-bond acceptors (Lipinski definition) is 2. The van der Waals surface area contributed by atoms with Crippen LogP contribution in [0.5, 0.6) is 0 Å². The number of anilines is 3. The second-order valence-corrected chi connectivity index (χ2v) is 16.3. The van der Waals surface area contributed by atoms with Gasteiger partial charge in [-0.2, -0.15) is 0 Å². The van der Waals surface area contributed by atoms with Gasteiger partial charge in [-0.05, 0) is 115 Å². The molecule has 1 aliphatic rings. The molecule has 0 radical (unpaired) electrons. The van der Waals surface area contributed by atoms with E-state index in [2.05, 4.69) is 241 Å². The number of hydrogen-bond donors (Lipinski definition) is 0. The maximum absolute atomic E-state index is 2.44. The predicted octanol–water partition coefficient (Wildman–Crippen LogP) is 15.7. The zero-order valence-corrected chi connectivity index (χ0v) is 33.2. The summed E-state index contributed by atoms with van der Waals surface area (Å²) in [4.78, 5) is 3.69. The molecule has 0 aliphatic heterocycles. The van der Waals surface area contributed by atoms with Crippen molar-refractivity contribution in [1.82, 2.24) is 0 Å². The van der Waals surface area contributed by atoms with Crippen LogP contribution in [0.25, 0.3) is 53.9 Å². The van der Waals surface area contributed by atoms with Gasteiger partial charge in [0, 0.05) is 26.6 Å². The number of nitrogens with zero attached hydrogens (tertiary/aromatic N) is 1. The van der Waals surface area contributed by atoms with Gasteiger partial charge in [-0.3, -0.25) is 0 Å². The minimum absolute atomic E-state index is 0.414. The molecule has 59 heavy (non-hydrogen) atoms. The second-order valence-electron chi connectivity index (χ2n) is 15.3. The lowest BCUT2D eigenvalue weighted by Crippen LogP contribution is -2.28. The second kappa shape index (κ2) is 14.6. The van der Waals surface area contributed by atoms with Gasteiger partial charge >= 0.3 is 0 Å². The lowest BCUT2D eigenvalue weighted by molar-refractivity contribution is 0.777. The molecular weight excluding hydrogens is 731 g/mol. The van der Waals surface area contributed by atoms with Gasteiger partial charge in [0.25, 0.3) is 0 Å². The first kappa shape index (κ1) is 34.9. The molecule has 10 aromatic rings. The summed E-state index contributed by atoms with van der Waals surface area (Å²) in [7, 11) is 0. The summed E-state index contributed by atoms with van der Waals surface area (Å²) < 4.78 is 1.33. The Labute approximate surface area is 349 Å². The Hall–Kier alpha value is -7.26. The van der Waals surface area contributed by atoms with E-state index < -0.39 is 5.41 Å². The van der Waals surface area contributed by atoms with Crippen LogP contribution in [0.2, 0.25) is 0 Å². The SMILES string of the molecule is c1ccc(-c2ccc(N(c3ccccc3)c3ccc(-c4ccc(-c5ccc6c(c5)-c5sc7ccccc7c5C6(c5ccccc5)c5ccccc5)cc4)cc3)cc2)cc1. The van der Waals surface area contributed by atoms with Gasteiger partial charge in [-0.25, -0.2) is 0 Å². The Morgan fingerprint density at radius 2 is 0.746 bits per heavy atom. The first-order valence-electron chi connectivity index (χ1n) is 20.3. The molecule has 0 amide bonds. The van der Waals surface area contributed by atoms with Gasteiger partial charge in [0.2, 0.25) is 0 Å². The first-order valence-corrected chi connectivity index (χ1v) is 21.1. The average molecular weight is 770 g/mol. The Bertz CT molecular complexity index is 3000. The normalized spacial score (nSPS) is 12.5. The van der Waals surface area contributed by atoms with Crippen molar-refractivity contribution in [3.8, 4) is 43.8 Å². The topological polar surface area (TPSA) is 3.24 Å². The molecule has 0 fully saturated rings. The van der Waals surface area contributed by atoms with E-state index in [0.29, 0.717) is 0 Å². The van der Waals surface area contributed by atoms with Crippen molar-refractivity contribution in [2.24, 2.45) is 0 Å². The van der Waals surface area contributed by atoms with Crippen LogP contribution in [0.15, 0.2) is 237 Å². The summed E-state index contributed by atoms with van der Waals surface area (Å²) in [6, 6.07) is 86.3. The molecule has 0 unspecified atom stereocenters. The van der Waals surface area contributed by atoms with E-state index in [-0.39, 0.29) is 0 Å². The van der Waals surface area contributed by atoms with E-state index in [4.69, 9.17) is 0 Å². The first-order chi connectivity index (χ1) is 29.3. The van der Waals surface area contributed by atoms with Crippen LogP contribution in [0.1, 0.15) is 22.3 Å². The van der Waals surface area contributed by atoms with E-state index in [9.17, 15) is 0 Å². The summed E-state index contributed by atoms with van der Waals surface area (Å²) in [6.45, 7) is 0. The highest BCUT2D eigenvalue weighted by Crippen LogP contribution is 2.61. The van der Waals surface area contributed by atoms with Gasteiger partial charge in [0.1, 0.15) is 0 Å². The van der Waals surface area contributed by atoms with Crippen LogP contribution >= 0.6 is 11.3 Å². The van der Waals surface area contributed by atoms with E-state index in [1.54, 1.807) is 0 Å². The van der Waals surface area contributed by atoms with Gasteiger partial charge < -0.3 is 4.90 Å². The molecule has 9 aromatic carbocycles. The summed E-state index contributed by atoms with van der Waals surface area (Å²) in [5.74, 6) is 0. The molecule has 0 saturated heterocycles. The van der Waals surface area contributed by atoms with Gasteiger partial charge in [0.05, 0.1) is 5.41 Å². The molecule has 0 bridgehead atoms. The average Bonchev–Trinajstić information content (AvgIpc) is 3.84. The van der Waals surface area contributed by atoms with Crippen LogP contribution in [-0.2, 0) is 5.41 Å². The van der Waals surface area contributed by atoms with Gasteiger partial charge in [-0.15, -0.1) is 11.3 Å². The molecule has 278 valence electrons. The number of rotatable bonds is 8. The van der Waals surface area contributed by atoms with Crippen LogP contribution < -0.4 is 4.90 Å². The van der Waals surface area contributed by atoms with E-state index in [1.807, 2.05) is 11.3 Å². The van der Waals surface area contributed by atoms with Gasteiger partial charge in [0.15, 0.2) is 0 Å². The van der Waals surface area contributed by atoms with Crippen molar-refractivity contribution in [2.75, 3.05) is 4.90 Å². The van der Waals surface area contributed by atoms with Crippen molar-refractivity contribution < 1.29 is 0 Å². The lowest BCUT2D eigenvalue weighted by Gasteiger charge is -2.34. The van der Waals surface area contributed by atoms with E-state index in [0.717, 1.165) is 17.1 Å². The summed E-state index contributed by atoms with van der Waals surface area (Å²) in [5.41, 5.74) is 16.8. The maximum Gasteiger partial charge on any atom is 0.0728 e. The molecule has 11 rings (SSSR count). The van der Waals surface area contributed by atoms with Crippen molar-refractivity contribution >= 4 is 38.5 Å². The van der Waals surface area contributed by atoms with Crippen molar-refractivity contribution in [2.45, 2.75) is 5.41 Å². The molecule has 1 aliphatic carbocycles. The summed E-state index contributed by atoms with van der Waals surface area (Å²) in [5, 5.41) is 1.33. The summed E-state index contributed by atoms with van der Waals surface area (Å²) >= 11 is 1.92. The minimum atomic E-state index is -0.414. The predicted molar refractivity (Wildman–Crippen MR) is 250 cm³/mol.